The first kappa shape index (κ1) is 26.1. The lowest BCUT2D eigenvalue weighted by molar-refractivity contribution is 0.0687. The maximum atomic E-state index is 12.8. The number of carboxylic acids is 1. The quantitative estimate of drug-likeness (QED) is 0.227. The number of aromatic nitrogens is 1. The van der Waals surface area contributed by atoms with E-state index in [0.29, 0.717) is 18.8 Å². The number of methoxy groups -OCH3 is 1. The van der Waals surface area contributed by atoms with Crippen LogP contribution < -0.4 is 4.74 Å². The largest absolute Gasteiger partial charge is 0.497 e. The SMILES string of the molecule is COc1cccc(Cn2c(C(=O)O)c(-c3ccc(C(C)(C)C)cc3)c3cc(CCOCC4CC4)ccc32)c1. The highest BCUT2D eigenvalue weighted by Crippen LogP contribution is 2.38. The van der Waals surface area contributed by atoms with Crippen LogP contribution in [-0.4, -0.2) is 36.0 Å². The number of rotatable bonds is 10. The van der Waals surface area contributed by atoms with E-state index in [9.17, 15) is 9.90 Å². The molecule has 1 aromatic heterocycles. The van der Waals surface area contributed by atoms with E-state index in [4.69, 9.17) is 9.47 Å². The van der Waals surface area contributed by atoms with Gasteiger partial charge in [-0.1, -0.05) is 63.2 Å². The van der Waals surface area contributed by atoms with Crippen molar-refractivity contribution in [3.05, 3.63) is 89.1 Å². The van der Waals surface area contributed by atoms with Crippen molar-refractivity contribution in [3.63, 3.8) is 0 Å². The van der Waals surface area contributed by atoms with Gasteiger partial charge in [-0.15, -0.1) is 0 Å². The van der Waals surface area contributed by atoms with Crippen LogP contribution in [0.1, 0.15) is 60.8 Å². The van der Waals surface area contributed by atoms with Gasteiger partial charge >= 0.3 is 5.97 Å². The minimum absolute atomic E-state index is 0.0160. The van der Waals surface area contributed by atoms with Crippen LogP contribution >= 0.6 is 0 Å². The third-order valence-electron chi connectivity index (χ3n) is 7.43. The minimum atomic E-state index is -0.937. The van der Waals surface area contributed by atoms with Gasteiger partial charge in [0.05, 0.1) is 13.7 Å². The lowest BCUT2D eigenvalue weighted by Gasteiger charge is -2.19. The summed E-state index contributed by atoms with van der Waals surface area (Å²) in [4.78, 5) is 12.8. The summed E-state index contributed by atoms with van der Waals surface area (Å²) in [6.07, 6.45) is 3.36. The Morgan fingerprint density at radius 2 is 1.76 bits per heavy atom. The molecule has 0 bridgehead atoms. The summed E-state index contributed by atoms with van der Waals surface area (Å²) in [5.74, 6) is 0.555. The van der Waals surface area contributed by atoms with Gasteiger partial charge in [-0.2, -0.15) is 0 Å². The Hall–Kier alpha value is -3.57. The zero-order valence-corrected chi connectivity index (χ0v) is 22.8. The molecule has 1 N–H and O–H groups in total. The number of fused-ring (bicyclic) bond motifs is 1. The average Bonchev–Trinajstić information content (AvgIpc) is 3.67. The van der Waals surface area contributed by atoms with Gasteiger partial charge in [0.2, 0.25) is 0 Å². The minimum Gasteiger partial charge on any atom is -0.497 e. The number of nitrogens with zero attached hydrogens (tertiary/aromatic N) is 1. The molecular formula is C33H37NO4. The number of aromatic carboxylic acids is 1. The van der Waals surface area contributed by atoms with Gasteiger partial charge in [0.15, 0.2) is 0 Å². The third kappa shape index (κ3) is 5.63. The van der Waals surface area contributed by atoms with Crippen LogP contribution in [0, 0.1) is 5.92 Å². The Morgan fingerprint density at radius 3 is 2.42 bits per heavy atom. The van der Waals surface area contributed by atoms with Crippen LogP contribution in [0.25, 0.3) is 22.0 Å². The average molecular weight is 512 g/mol. The van der Waals surface area contributed by atoms with E-state index in [1.807, 2.05) is 28.8 Å². The molecule has 198 valence electrons. The first-order chi connectivity index (χ1) is 18.2. The molecule has 5 nitrogen and oxygen atoms in total. The van der Waals surface area contributed by atoms with E-state index in [1.54, 1.807) is 7.11 Å². The highest BCUT2D eigenvalue weighted by molar-refractivity contribution is 6.08. The predicted octanol–water partition coefficient (Wildman–Crippen LogP) is 7.33. The van der Waals surface area contributed by atoms with E-state index in [0.717, 1.165) is 57.9 Å². The standard InChI is InChI=1S/C33H37NO4/c1-33(2,3)26-13-11-25(12-14-26)30-28-19-22(16-17-38-21-23-8-9-23)10-15-29(28)34(31(30)32(35)36)20-24-6-5-7-27(18-24)37-4/h5-7,10-15,18-19,23H,8-9,16-17,20-21H2,1-4H3,(H,35,36). The Morgan fingerprint density at radius 1 is 1.00 bits per heavy atom. The Kier molecular flexibility index (Phi) is 7.31. The summed E-state index contributed by atoms with van der Waals surface area (Å²) < 4.78 is 13.2. The molecule has 0 amide bonds. The molecule has 3 aromatic carbocycles. The lowest BCUT2D eigenvalue weighted by atomic mass is 9.86. The maximum Gasteiger partial charge on any atom is 0.353 e. The van der Waals surface area contributed by atoms with Crippen LogP contribution in [0.4, 0.5) is 0 Å². The fourth-order valence-electron chi connectivity index (χ4n) is 5.05. The Bertz CT molecular complexity index is 1440. The van der Waals surface area contributed by atoms with E-state index in [-0.39, 0.29) is 5.41 Å². The van der Waals surface area contributed by atoms with Crippen molar-refractivity contribution in [3.8, 4) is 16.9 Å². The molecule has 0 saturated heterocycles. The monoisotopic (exact) mass is 511 g/mol. The van der Waals surface area contributed by atoms with Crippen molar-refractivity contribution in [2.24, 2.45) is 5.92 Å². The van der Waals surface area contributed by atoms with Crippen molar-refractivity contribution in [2.75, 3.05) is 20.3 Å². The maximum absolute atomic E-state index is 12.8. The van der Waals surface area contributed by atoms with Crippen molar-refractivity contribution < 1.29 is 19.4 Å². The van der Waals surface area contributed by atoms with Gasteiger partial charge in [-0.3, -0.25) is 0 Å². The predicted molar refractivity (Wildman–Crippen MR) is 152 cm³/mol. The highest BCUT2D eigenvalue weighted by atomic mass is 16.5. The second-order valence-corrected chi connectivity index (χ2v) is 11.4. The van der Waals surface area contributed by atoms with Gasteiger partial charge in [-0.05, 0) is 77.1 Å². The van der Waals surface area contributed by atoms with Crippen molar-refractivity contribution in [2.45, 2.75) is 52.0 Å². The van der Waals surface area contributed by atoms with Crippen LogP contribution in [-0.2, 0) is 23.1 Å². The van der Waals surface area contributed by atoms with Crippen LogP contribution in [0.5, 0.6) is 5.75 Å². The number of ether oxygens (including phenoxy) is 2. The first-order valence-corrected chi connectivity index (χ1v) is 13.4. The number of hydrogen-bond acceptors (Lipinski definition) is 3. The fraction of sp³-hybridized carbons (Fsp3) is 0.364. The first-order valence-electron chi connectivity index (χ1n) is 13.4. The Labute approximate surface area is 225 Å². The van der Waals surface area contributed by atoms with Crippen molar-refractivity contribution in [1.82, 2.24) is 4.57 Å². The molecule has 38 heavy (non-hydrogen) atoms. The van der Waals surface area contributed by atoms with Crippen molar-refractivity contribution >= 4 is 16.9 Å². The second kappa shape index (κ2) is 10.7. The fourth-order valence-corrected chi connectivity index (χ4v) is 5.05. The molecule has 0 spiro atoms. The van der Waals surface area contributed by atoms with Gasteiger partial charge < -0.3 is 19.1 Å². The molecule has 5 heteroatoms. The van der Waals surface area contributed by atoms with Gasteiger partial charge in [0.1, 0.15) is 11.4 Å². The molecule has 1 aliphatic rings. The summed E-state index contributed by atoms with van der Waals surface area (Å²) >= 11 is 0. The third-order valence-corrected chi connectivity index (χ3v) is 7.43. The molecule has 4 aromatic rings. The van der Waals surface area contributed by atoms with E-state index in [1.165, 1.54) is 18.4 Å². The topological polar surface area (TPSA) is 60.7 Å². The number of carbonyl (C=O) groups is 1. The molecule has 5 rings (SSSR count). The van der Waals surface area contributed by atoms with Crippen LogP contribution in [0.15, 0.2) is 66.7 Å². The smallest absolute Gasteiger partial charge is 0.353 e. The second-order valence-electron chi connectivity index (χ2n) is 11.4. The lowest BCUT2D eigenvalue weighted by Crippen LogP contribution is -2.11. The number of carboxylic acid groups (broad SMARTS) is 1. The zero-order valence-electron chi connectivity index (χ0n) is 22.8. The van der Waals surface area contributed by atoms with E-state index >= 15 is 0 Å². The molecule has 1 fully saturated rings. The van der Waals surface area contributed by atoms with Gasteiger partial charge in [0, 0.05) is 29.6 Å². The summed E-state index contributed by atoms with van der Waals surface area (Å²) in [5, 5.41) is 11.5. The summed E-state index contributed by atoms with van der Waals surface area (Å²) in [7, 11) is 1.64. The zero-order chi connectivity index (χ0) is 26.9. The van der Waals surface area contributed by atoms with Gasteiger partial charge in [-0.25, -0.2) is 4.79 Å². The van der Waals surface area contributed by atoms with E-state index < -0.39 is 5.97 Å². The molecule has 0 unspecified atom stereocenters. The van der Waals surface area contributed by atoms with Gasteiger partial charge in [0.25, 0.3) is 0 Å². The number of benzene rings is 3. The van der Waals surface area contributed by atoms with Crippen LogP contribution in [0.3, 0.4) is 0 Å². The molecule has 1 heterocycles. The summed E-state index contributed by atoms with van der Waals surface area (Å²) in [6.45, 7) is 8.49. The molecule has 1 saturated carbocycles. The van der Waals surface area contributed by atoms with E-state index in [2.05, 4.69) is 63.2 Å². The molecular weight excluding hydrogens is 474 g/mol. The highest BCUT2D eigenvalue weighted by Gasteiger charge is 2.25. The van der Waals surface area contributed by atoms with Crippen molar-refractivity contribution in [1.29, 1.82) is 0 Å². The Balaban J connectivity index is 1.61. The molecule has 1 aliphatic carbocycles. The molecule has 0 atom stereocenters. The summed E-state index contributed by atoms with van der Waals surface area (Å²) in [6, 6.07) is 22.5. The summed E-state index contributed by atoms with van der Waals surface area (Å²) in [5.41, 5.74) is 6.24. The normalized spacial score (nSPS) is 13.7. The number of hydrogen-bond donors (Lipinski definition) is 1. The molecule has 0 radical (unpaired) electrons. The van der Waals surface area contributed by atoms with Crippen LogP contribution in [0.2, 0.25) is 0 Å². The molecule has 0 aliphatic heterocycles.